The van der Waals surface area contributed by atoms with Gasteiger partial charge in [0.25, 0.3) is 0 Å². The van der Waals surface area contributed by atoms with Gasteiger partial charge in [0.1, 0.15) is 0 Å². The van der Waals surface area contributed by atoms with Crippen LogP contribution < -0.4 is 5.73 Å². The van der Waals surface area contributed by atoms with Gasteiger partial charge in [-0.3, -0.25) is 4.98 Å². The molecule has 2 aromatic rings. The number of thiophene rings is 1. The molecule has 0 aromatic carbocycles. The highest BCUT2D eigenvalue weighted by molar-refractivity contribution is 7.17. The number of hydrogen-bond acceptors (Lipinski definition) is 3. The molecule has 0 radical (unpaired) electrons. The second-order valence-corrected chi connectivity index (χ2v) is 4.79. The lowest BCUT2D eigenvalue weighted by Crippen LogP contribution is -2.22. The average molecular weight is 220 g/mol. The fourth-order valence-corrected chi connectivity index (χ4v) is 2.64. The van der Waals surface area contributed by atoms with E-state index in [-0.39, 0.29) is 6.04 Å². The lowest BCUT2D eigenvalue weighted by atomic mass is 10.1. The number of rotatable bonds is 4. The van der Waals surface area contributed by atoms with Gasteiger partial charge in [0.2, 0.25) is 0 Å². The maximum atomic E-state index is 6.04. The second-order valence-electron chi connectivity index (χ2n) is 3.84. The molecule has 2 aromatic heterocycles. The van der Waals surface area contributed by atoms with Crippen LogP contribution in [0.2, 0.25) is 0 Å². The summed E-state index contributed by atoms with van der Waals surface area (Å²) in [4.78, 5) is 4.43. The maximum absolute atomic E-state index is 6.04. The lowest BCUT2D eigenvalue weighted by molar-refractivity contribution is 0.596. The number of nitrogens with zero attached hydrogens (tertiary/aromatic N) is 1. The van der Waals surface area contributed by atoms with Crippen LogP contribution in [0.1, 0.15) is 25.5 Å². The standard InChI is InChI=1S/C12H16N2S/c1-2-3-9(13)8-11-10-5-7-15-12(10)4-6-14-11/h4-7,9H,2-3,8,13H2,1H3. The van der Waals surface area contributed by atoms with Crippen LogP contribution >= 0.6 is 11.3 Å². The van der Waals surface area contributed by atoms with E-state index in [4.69, 9.17) is 5.73 Å². The third-order valence-corrected chi connectivity index (χ3v) is 3.46. The molecular weight excluding hydrogens is 204 g/mol. The molecule has 80 valence electrons. The lowest BCUT2D eigenvalue weighted by Gasteiger charge is -2.09. The zero-order chi connectivity index (χ0) is 10.7. The van der Waals surface area contributed by atoms with E-state index in [2.05, 4.69) is 29.4 Å². The highest BCUT2D eigenvalue weighted by Crippen LogP contribution is 2.23. The zero-order valence-electron chi connectivity index (χ0n) is 8.94. The fraction of sp³-hybridized carbons (Fsp3) is 0.417. The van der Waals surface area contributed by atoms with Gasteiger partial charge in [-0.1, -0.05) is 13.3 Å². The molecule has 0 spiro atoms. The Labute approximate surface area is 94.1 Å². The Morgan fingerprint density at radius 2 is 2.33 bits per heavy atom. The summed E-state index contributed by atoms with van der Waals surface area (Å²) in [7, 11) is 0. The van der Waals surface area contributed by atoms with Crippen LogP contribution in [-0.4, -0.2) is 11.0 Å². The molecule has 2 heterocycles. The minimum absolute atomic E-state index is 0.244. The van der Waals surface area contributed by atoms with Gasteiger partial charge in [-0.25, -0.2) is 0 Å². The van der Waals surface area contributed by atoms with Gasteiger partial charge in [-0.2, -0.15) is 0 Å². The van der Waals surface area contributed by atoms with Crippen molar-refractivity contribution in [3.05, 3.63) is 29.4 Å². The van der Waals surface area contributed by atoms with Crippen molar-refractivity contribution in [2.75, 3.05) is 0 Å². The summed E-state index contributed by atoms with van der Waals surface area (Å²) in [6.07, 6.45) is 4.98. The first-order valence-electron chi connectivity index (χ1n) is 5.38. The van der Waals surface area contributed by atoms with Crippen molar-refractivity contribution in [1.29, 1.82) is 0 Å². The molecule has 2 rings (SSSR count). The van der Waals surface area contributed by atoms with Gasteiger partial charge in [-0.05, 0) is 23.9 Å². The number of hydrogen-bond donors (Lipinski definition) is 1. The van der Waals surface area contributed by atoms with E-state index in [1.165, 1.54) is 10.1 Å². The summed E-state index contributed by atoms with van der Waals surface area (Å²) in [5.41, 5.74) is 7.19. The molecule has 3 heteroatoms. The molecule has 0 amide bonds. The number of nitrogens with two attached hydrogens (primary N) is 1. The van der Waals surface area contributed by atoms with E-state index in [9.17, 15) is 0 Å². The molecule has 0 saturated heterocycles. The molecule has 0 bridgehead atoms. The Morgan fingerprint density at radius 1 is 1.47 bits per heavy atom. The zero-order valence-corrected chi connectivity index (χ0v) is 9.76. The van der Waals surface area contributed by atoms with Gasteiger partial charge in [0.05, 0.1) is 5.69 Å². The third kappa shape index (κ3) is 2.36. The number of aromatic nitrogens is 1. The Balaban J connectivity index is 2.23. The summed E-state index contributed by atoms with van der Waals surface area (Å²) in [5, 5.41) is 3.38. The van der Waals surface area contributed by atoms with Crippen LogP contribution in [0.5, 0.6) is 0 Å². The average Bonchev–Trinajstić information content (AvgIpc) is 2.67. The van der Waals surface area contributed by atoms with Gasteiger partial charge in [0, 0.05) is 28.7 Å². The molecule has 0 saturated carbocycles. The van der Waals surface area contributed by atoms with E-state index in [0.29, 0.717) is 0 Å². The van der Waals surface area contributed by atoms with Crippen molar-refractivity contribution in [1.82, 2.24) is 4.98 Å². The molecule has 0 aliphatic carbocycles. The van der Waals surface area contributed by atoms with Gasteiger partial charge in [-0.15, -0.1) is 11.3 Å². The topological polar surface area (TPSA) is 38.9 Å². The smallest absolute Gasteiger partial charge is 0.0505 e. The van der Waals surface area contributed by atoms with Crippen molar-refractivity contribution in [3.63, 3.8) is 0 Å². The predicted octanol–water partition coefficient (Wildman–Crippen LogP) is 2.97. The van der Waals surface area contributed by atoms with Crippen LogP contribution in [0, 0.1) is 0 Å². The SMILES string of the molecule is CCCC(N)Cc1nccc2sccc12. The molecule has 0 aliphatic rings. The third-order valence-electron chi connectivity index (χ3n) is 2.58. The summed E-state index contributed by atoms with van der Waals surface area (Å²) in [5.74, 6) is 0. The Kier molecular flexibility index (Phi) is 3.34. The summed E-state index contributed by atoms with van der Waals surface area (Å²) >= 11 is 1.76. The first-order chi connectivity index (χ1) is 7.31. The van der Waals surface area contributed by atoms with Crippen molar-refractivity contribution < 1.29 is 0 Å². The van der Waals surface area contributed by atoms with E-state index in [1.54, 1.807) is 11.3 Å². The van der Waals surface area contributed by atoms with E-state index < -0.39 is 0 Å². The highest BCUT2D eigenvalue weighted by Gasteiger charge is 2.08. The van der Waals surface area contributed by atoms with Gasteiger partial charge in [0.15, 0.2) is 0 Å². The Morgan fingerprint density at radius 3 is 3.13 bits per heavy atom. The highest BCUT2D eigenvalue weighted by atomic mass is 32.1. The van der Waals surface area contributed by atoms with Crippen molar-refractivity contribution in [3.8, 4) is 0 Å². The first kappa shape index (κ1) is 10.6. The van der Waals surface area contributed by atoms with Crippen molar-refractivity contribution in [2.24, 2.45) is 5.73 Å². The van der Waals surface area contributed by atoms with E-state index in [0.717, 1.165) is 25.0 Å². The Bertz CT molecular complexity index is 436. The second kappa shape index (κ2) is 4.73. The quantitative estimate of drug-likeness (QED) is 0.860. The molecule has 2 N–H and O–H groups in total. The summed E-state index contributed by atoms with van der Waals surface area (Å²) in [6.45, 7) is 2.17. The van der Waals surface area contributed by atoms with Crippen LogP contribution in [-0.2, 0) is 6.42 Å². The number of pyridine rings is 1. The largest absolute Gasteiger partial charge is 0.327 e. The fourth-order valence-electron chi connectivity index (χ4n) is 1.84. The molecule has 0 aliphatic heterocycles. The maximum Gasteiger partial charge on any atom is 0.0505 e. The van der Waals surface area contributed by atoms with Crippen molar-refractivity contribution >= 4 is 21.4 Å². The molecular formula is C12H16N2S. The Hall–Kier alpha value is -0.930. The van der Waals surface area contributed by atoms with Crippen LogP contribution in [0.15, 0.2) is 23.7 Å². The summed E-state index contributed by atoms with van der Waals surface area (Å²) < 4.78 is 1.31. The minimum Gasteiger partial charge on any atom is -0.327 e. The molecule has 1 unspecified atom stereocenters. The van der Waals surface area contributed by atoms with Gasteiger partial charge >= 0.3 is 0 Å². The molecule has 0 fully saturated rings. The molecule has 2 nitrogen and oxygen atoms in total. The van der Waals surface area contributed by atoms with Gasteiger partial charge < -0.3 is 5.73 Å². The number of fused-ring (bicyclic) bond motifs is 1. The predicted molar refractivity (Wildman–Crippen MR) is 66.2 cm³/mol. The van der Waals surface area contributed by atoms with Crippen LogP contribution in [0.25, 0.3) is 10.1 Å². The van der Waals surface area contributed by atoms with E-state index in [1.807, 2.05) is 6.20 Å². The summed E-state index contributed by atoms with van der Waals surface area (Å²) in [6, 6.07) is 4.45. The molecule has 1 atom stereocenters. The van der Waals surface area contributed by atoms with Crippen LogP contribution in [0.3, 0.4) is 0 Å². The molecule has 15 heavy (non-hydrogen) atoms. The van der Waals surface area contributed by atoms with E-state index >= 15 is 0 Å². The minimum atomic E-state index is 0.244. The first-order valence-corrected chi connectivity index (χ1v) is 6.26. The normalized spacial score (nSPS) is 13.2. The van der Waals surface area contributed by atoms with Crippen LogP contribution in [0.4, 0.5) is 0 Å². The monoisotopic (exact) mass is 220 g/mol. The van der Waals surface area contributed by atoms with Crippen molar-refractivity contribution in [2.45, 2.75) is 32.2 Å².